The van der Waals surface area contributed by atoms with Crippen molar-refractivity contribution in [1.82, 2.24) is 5.32 Å². The molecule has 0 aromatic carbocycles. The van der Waals surface area contributed by atoms with Gasteiger partial charge in [-0.1, -0.05) is 11.6 Å². The fraction of sp³-hybridized carbons (Fsp3) is 0.545. The Kier molecular flexibility index (Phi) is 3.84. The van der Waals surface area contributed by atoms with E-state index in [1.807, 2.05) is 11.4 Å². The average molecular weight is 259 g/mol. The van der Waals surface area contributed by atoms with Crippen LogP contribution < -0.4 is 11.1 Å². The van der Waals surface area contributed by atoms with Crippen molar-refractivity contribution in [3.05, 3.63) is 21.3 Å². The van der Waals surface area contributed by atoms with Gasteiger partial charge in [-0.25, -0.2) is 0 Å². The van der Waals surface area contributed by atoms with Crippen LogP contribution in [0.25, 0.3) is 0 Å². The third-order valence-corrected chi connectivity index (χ3v) is 4.25. The van der Waals surface area contributed by atoms with Crippen LogP contribution in [-0.2, 0) is 11.3 Å². The Morgan fingerprint density at radius 1 is 1.62 bits per heavy atom. The van der Waals surface area contributed by atoms with Crippen molar-refractivity contribution in [3.63, 3.8) is 0 Å². The van der Waals surface area contributed by atoms with Crippen LogP contribution in [0.2, 0.25) is 4.34 Å². The minimum atomic E-state index is -0.190. The van der Waals surface area contributed by atoms with Crippen LogP contribution in [0, 0.1) is 5.92 Å². The number of thiophene rings is 1. The van der Waals surface area contributed by atoms with Crippen molar-refractivity contribution >= 4 is 28.8 Å². The maximum Gasteiger partial charge on any atom is 0.217 e. The first-order valence-electron chi connectivity index (χ1n) is 5.38. The van der Waals surface area contributed by atoms with E-state index in [2.05, 4.69) is 5.32 Å². The van der Waals surface area contributed by atoms with Gasteiger partial charge in [0.25, 0.3) is 0 Å². The van der Waals surface area contributed by atoms with E-state index in [1.54, 1.807) is 11.3 Å². The molecule has 1 amide bonds. The molecule has 88 valence electrons. The van der Waals surface area contributed by atoms with Gasteiger partial charge in [0, 0.05) is 19.0 Å². The lowest BCUT2D eigenvalue weighted by atomic mass is 9.78. The zero-order valence-corrected chi connectivity index (χ0v) is 10.5. The standard InChI is InChI=1S/C11H15ClN2OS/c12-11-8(1-2-16-11)6-14-9-3-7(4-9)5-10(13)15/h1-2,7,9,14H,3-6H2,(H2,13,15). The molecule has 1 aromatic heterocycles. The minimum Gasteiger partial charge on any atom is -0.370 e. The third kappa shape index (κ3) is 2.97. The van der Waals surface area contributed by atoms with Crippen LogP contribution in [0.1, 0.15) is 24.8 Å². The average Bonchev–Trinajstić information content (AvgIpc) is 2.55. The van der Waals surface area contributed by atoms with Gasteiger partial charge < -0.3 is 11.1 Å². The number of carbonyl (C=O) groups is 1. The van der Waals surface area contributed by atoms with Crippen LogP contribution >= 0.6 is 22.9 Å². The number of rotatable bonds is 5. The van der Waals surface area contributed by atoms with E-state index in [-0.39, 0.29) is 5.91 Å². The summed E-state index contributed by atoms with van der Waals surface area (Å²) in [5, 5.41) is 5.43. The highest BCUT2D eigenvalue weighted by molar-refractivity contribution is 7.14. The monoisotopic (exact) mass is 258 g/mol. The second-order valence-electron chi connectivity index (χ2n) is 4.31. The van der Waals surface area contributed by atoms with Crippen LogP contribution in [0.4, 0.5) is 0 Å². The molecule has 16 heavy (non-hydrogen) atoms. The number of carbonyl (C=O) groups excluding carboxylic acids is 1. The summed E-state index contributed by atoms with van der Waals surface area (Å²) in [6.45, 7) is 0.816. The molecule has 3 N–H and O–H groups in total. The largest absolute Gasteiger partial charge is 0.370 e. The number of primary amides is 1. The van der Waals surface area contributed by atoms with Gasteiger partial charge in [-0.2, -0.15) is 0 Å². The Balaban J connectivity index is 1.67. The van der Waals surface area contributed by atoms with Gasteiger partial charge in [-0.05, 0) is 35.8 Å². The van der Waals surface area contributed by atoms with E-state index in [9.17, 15) is 4.79 Å². The number of hydrogen-bond donors (Lipinski definition) is 2. The molecule has 0 aliphatic heterocycles. The van der Waals surface area contributed by atoms with E-state index in [4.69, 9.17) is 17.3 Å². The molecule has 0 atom stereocenters. The van der Waals surface area contributed by atoms with Crippen molar-refractivity contribution in [2.75, 3.05) is 0 Å². The highest BCUT2D eigenvalue weighted by Crippen LogP contribution is 2.31. The Labute approximate surface area is 104 Å². The first kappa shape index (κ1) is 11.9. The van der Waals surface area contributed by atoms with Gasteiger partial charge in [0.2, 0.25) is 5.91 Å². The molecule has 0 spiro atoms. The summed E-state index contributed by atoms with van der Waals surface area (Å²) in [5.41, 5.74) is 6.30. The lowest BCUT2D eigenvalue weighted by molar-refractivity contribution is -0.119. The van der Waals surface area contributed by atoms with Gasteiger partial charge in [-0.15, -0.1) is 11.3 Å². The molecule has 2 rings (SSSR count). The van der Waals surface area contributed by atoms with E-state index < -0.39 is 0 Å². The van der Waals surface area contributed by atoms with Crippen molar-refractivity contribution < 1.29 is 4.79 Å². The molecule has 1 aliphatic carbocycles. The minimum absolute atomic E-state index is 0.190. The van der Waals surface area contributed by atoms with Crippen molar-refractivity contribution in [1.29, 1.82) is 0 Å². The number of nitrogens with one attached hydrogen (secondary N) is 1. The number of amides is 1. The molecule has 1 fully saturated rings. The summed E-state index contributed by atoms with van der Waals surface area (Å²) >= 11 is 7.55. The molecular weight excluding hydrogens is 244 g/mol. The first-order chi connectivity index (χ1) is 7.65. The Bertz CT molecular complexity index is 374. The molecule has 1 aliphatic rings. The molecule has 1 heterocycles. The molecule has 3 nitrogen and oxygen atoms in total. The fourth-order valence-electron chi connectivity index (χ4n) is 2.05. The van der Waals surface area contributed by atoms with E-state index >= 15 is 0 Å². The third-order valence-electron chi connectivity index (χ3n) is 3.00. The molecule has 0 saturated heterocycles. The number of hydrogen-bond acceptors (Lipinski definition) is 3. The smallest absolute Gasteiger partial charge is 0.217 e. The highest BCUT2D eigenvalue weighted by atomic mass is 35.5. The van der Waals surface area contributed by atoms with Gasteiger partial charge in [0.05, 0.1) is 4.34 Å². The molecule has 0 unspecified atom stereocenters. The van der Waals surface area contributed by atoms with E-state index in [0.717, 1.165) is 29.3 Å². The van der Waals surface area contributed by atoms with Gasteiger partial charge >= 0.3 is 0 Å². The Hall–Kier alpha value is -0.580. The predicted octanol–water partition coefficient (Wildman–Crippen LogP) is 2.15. The Morgan fingerprint density at radius 2 is 2.38 bits per heavy atom. The second-order valence-corrected chi connectivity index (χ2v) is 5.82. The first-order valence-corrected chi connectivity index (χ1v) is 6.64. The topological polar surface area (TPSA) is 55.1 Å². The summed E-state index contributed by atoms with van der Waals surface area (Å²) in [7, 11) is 0. The summed E-state index contributed by atoms with van der Waals surface area (Å²) in [4.78, 5) is 10.7. The second kappa shape index (κ2) is 5.17. The fourth-order valence-corrected chi connectivity index (χ4v) is 2.98. The van der Waals surface area contributed by atoms with Crippen molar-refractivity contribution in [2.45, 2.75) is 31.8 Å². The van der Waals surface area contributed by atoms with Crippen molar-refractivity contribution in [2.24, 2.45) is 11.7 Å². The van der Waals surface area contributed by atoms with Gasteiger partial charge in [-0.3, -0.25) is 4.79 Å². The quantitative estimate of drug-likeness (QED) is 0.850. The molecule has 1 saturated carbocycles. The zero-order chi connectivity index (χ0) is 11.5. The molecule has 0 bridgehead atoms. The highest BCUT2D eigenvalue weighted by Gasteiger charge is 2.29. The van der Waals surface area contributed by atoms with E-state index in [1.165, 1.54) is 0 Å². The SMILES string of the molecule is NC(=O)CC1CC(NCc2ccsc2Cl)C1. The normalized spacial score (nSPS) is 24.1. The maximum absolute atomic E-state index is 10.7. The van der Waals surface area contributed by atoms with Gasteiger partial charge in [0.1, 0.15) is 0 Å². The summed E-state index contributed by atoms with van der Waals surface area (Å²) < 4.78 is 0.862. The van der Waals surface area contributed by atoms with Crippen LogP contribution in [0.15, 0.2) is 11.4 Å². The number of halogens is 1. The Morgan fingerprint density at radius 3 is 2.94 bits per heavy atom. The number of nitrogens with two attached hydrogens (primary N) is 1. The van der Waals surface area contributed by atoms with Crippen LogP contribution in [-0.4, -0.2) is 11.9 Å². The molecule has 1 aromatic rings. The maximum atomic E-state index is 10.7. The predicted molar refractivity (Wildman–Crippen MR) is 66.5 cm³/mol. The van der Waals surface area contributed by atoms with Crippen LogP contribution in [0.5, 0.6) is 0 Å². The van der Waals surface area contributed by atoms with E-state index in [0.29, 0.717) is 18.4 Å². The summed E-state index contributed by atoms with van der Waals surface area (Å²) in [6, 6.07) is 2.56. The lowest BCUT2D eigenvalue weighted by Gasteiger charge is -2.35. The zero-order valence-electron chi connectivity index (χ0n) is 8.91. The van der Waals surface area contributed by atoms with Gasteiger partial charge in [0.15, 0.2) is 0 Å². The summed E-state index contributed by atoms with van der Waals surface area (Å²) in [6.07, 6.45) is 2.62. The molecule has 5 heteroatoms. The molecular formula is C11H15ClN2OS. The van der Waals surface area contributed by atoms with Crippen molar-refractivity contribution in [3.8, 4) is 0 Å². The molecule has 0 radical (unpaired) electrons. The van der Waals surface area contributed by atoms with Crippen LogP contribution in [0.3, 0.4) is 0 Å². The summed E-state index contributed by atoms with van der Waals surface area (Å²) in [5.74, 6) is 0.289. The lowest BCUT2D eigenvalue weighted by Crippen LogP contribution is -2.42.